The lowest BCUT2D eigenvalue weighted by Gasteiger charge is -2.51. The van der Waals surface area contributed by atoms with Gasteiger partial charge in [0.05, 0.1) is 12.1 Å². The molecular formula is C10H15NO4. The van der Waals surface area contributed by atoms with Crippen molar-refractivity contribution in [2.75, 3.05) is 6.61 Å². The number of carbonyl (C=O) groups is 2. The Bertz CT molecular complexity index is 288. The van der Waals surface area contributed by atoms with E-state index in [9.17, 15) is 9.59 Å². The van der Waals surface area contributed by atoms with Crippen LogP contribution in [0.4, 0.5) is 0 Å². The van der Waals surface area contributed by atoms with Crippen LogP contribution in [0.25, 0.3) is 0 Å². The van der Waals surface area contributed by atoms with E-state index in [-0.39, 0.29) is 11.4 Å². The SMILES string of the molecule is CC(=O)NC12CCC(C(=O)O)(CC1)OC2. The Hall–Kier alpha value is -1.10. The minimum atomic E-state index is -0.986. The summed E-state index contributed by atoms with van der Waals surface area (Å²) in [6, 6.07) is 0. The second kappa shape index (κ2) is 3.20. The maximum atomic E-state index is 11.0. The van der Waals surface area contributed by atoms with Crippen LogP contribution in [0.5, 0.6) is 0 Å². The topological polar surface area (TPSA) is 75.6 Å². The Morgan fingerprint density at radius 1 is 1.27 bits per heavy atom. The van der Waals surface area contributed by atoms with Crippen molar-refractivity contribution in [2.24, 2.45) is 0 Å². The molecule has 0 aromatic rings. The predicted molar refractivity (Wildman–Crippen MR) is 51.3 cm³/mol. The standard InChI is InChI=1S/C10H15NO4/c1-7(12)11-9-2-4-10(5-3-9,8(13)14)15-6-9/h2-6H2,1H3,(H,11,12)(H,13,14). The van der Waals surface area contributed by atoms with Crippen molar-refractivity contribution in [1.82, 2.24) is 5.32 Å². The van der Waals surface area contributed by atoms with Crippen molar-refractivity contribution < 1.29 is 19.4 Å². The normalized spacial score (nSPS) is 38.7. The van der Waals surface area contributed by atoms with Gasteiger partial charge in [-0.1, -0.05) is 0 Å². The number of nitrogens with one attached hydrogen (secondary N) is 1. The van der Waals surface area contributed by atoms with Crippen LogP contribution < -0.4 is 5.32 Å². The molecule has 0 aromatic heterocycles. The van der Waals surface area contributed by atoms with Gasteiger partial charge in [0, 0.05) is 6.92 Å². The lowest BCUT2D eigenvalue weighted by atomic mass is 9.71. The van der Waals surface area contributed by atoms with E-state index in [1.807, 2.05) is 0 Å². The third-order valence-electron chi connectivity index (χ3n) is 3.47. The number of carboxylic acid groups (broad SMARTS) is 1. The molecule has 0 aromatic carbocycles. The first-order valence-corrected chi connectivity index (χ1v) is 5.14. The molecule has 1 saturated carbocycles. The molecule has 3 rings (SSSR count). The first-order chi connectivity index (χ1) is 6.98. The molecule has 84 valence electrons. The molecule has 15 heavy (non-hydrogen) atoms. The monoisotopic (exact) mass is 213 g/mol. The van der Waals surface area contributed by atoms with Gasteiger partial charge in [-0.15, -0.1) is 0 Å². The van der Waals surface area contributed by atoms with Gasteiger partial charge in [0.1, 0.15) is 0 Å². The first kappa shape index (κ1) is 10.4. The third-order valence-corrected chi connectivity index (χ3v) is 3.47. The Morgan fingerprint density at radius 2 is 1.87 bits per heavy atom. The number of hydrogen-bond donors (Lipinski definition) is 2. The second-order valence-electron chi connectivity index (χ2n) is 4.55. The molecule has 1 amide bonds. The van der Waals surface area contributed by atoms with Crippen LogP contribution in [0, 0.1) is 0 Å². The van der Waals surface area contributed by atoms with Gasteiger partial charge in [-0.05, 0) is 25.7 Å². The highest BCUT2D eigenvalue weighted by Gasteiger charge is 2.54. The van der Waals surface area contributed by atoms with Crippen LogP contribution in [-0.4, -0.2) is 34.7 Å². The maximum Gasteiger partial charge on any atom is 0.335 e. The van der Waals surface area contributed by atoms with E-state index < -0.39 is 11.6 Å². The van der Waals surface area contributed by atoms with Crippen molar-refractivity contribution in [3.63, 3.8) is 0 Å². The lowest BCUT2D eigenvalue weighted by Crippen LogP contribution is -2.64. The van der Waals surface area contributed by atoms with E-state index in [0.717, 1.165) is 0 Å². The molecule has 2 saturated heterocycles. The summed E-state index contributed by atoms with van der Waals surface area (Å²) < 4.78 is 5.42. The second-order valence-corrected chi connectivity index (χ2v) is 4.55. The highest BCUT2D eigenvalue weighted by atomic mass is 16.5. The van der Waals surface area contributed by atoms with Gasteiger partial charge in [-0.3, -0.25) is 4.79 Å². The fraction of sp³-hybridized carbons (Fsp3) is 0.800. The number of fused-ring (bicyclic) bond motifs is 3. The number of amides is 1. The molecule has 0 spiro atoms. The van der Waals surface area contributed by atoms with E-state index >= 15 is 0 Å². The van der Waals surface area contributed by atoms with Crippen molar-refractivity contribution in [3.8, 4) is 0 Å². The summed E-state index contributed by atoms with van der Waals surface area (Å²) >= 11 is 0. The molecule has 1 aliphatic carbocycles. The fourth-order valence-corrected chi connectivity index (χ4v) is 2.51. The van der Waals surface area contributed by atoms with Crippen LogP contribution in [0.15, 0.2) is 0 Å². The average molecular weight is 213 g/mol. The highest BCUT2D eigenvalue weighted by Crippen LogP contribution is 2.43. The smallest absolute Gasteiger partial charge is 0.335 e. The molecule has 3 aliphatic rings. The van der Waals surface area contributed by atoms with Gasteiger partial charge >= 0.3 is 5.97 Å². The van der Waals surface area contributed by atoms with Gasteiger partial charge in [0.2, 0.25) is 5.91 Å². The summed E-state index contributed by atoms with van der Waals surface area (Å²) in [5.74, 6) is -0.957. The zero-order valence-corrected chi connectivity index (χ0v) is 8.71. The average Bonchev–Trinajstić information content (AvgIpc) is 2.18. The number of aliphatic carboxylic acids is 1. The zero-order valence-electron chi connectivity index (χ0n) is 8.71. The van der Waals surface area contributed by atoms with E-state index in [2.05, 4.69) is 5.32 Å². The third kappa shape index (κ3) is 1.61. The van der Waals surface area contributed by atoms with Crippen molar-refractivity contribution in [3.05, 3.63) is 0 Å². The lowest BCUT2D eigenvalue weighted by molar-refractivity contribution is -0.196. The van der Waals surface area contributed by atoms with E-state index in [1.54, 1.807) is 0 Å². The molecule has 2 aliphatic heterocycles. The summed E-state index contributed by atoms with van der Waals surface area (Å²) in [5, 5.41) is 11.9. The van der Waals surface area contributed by atoms with Crippen LogP contribution >= 0.6 is 0 Å². The van der Waals surface area contributed by atoms with Gasteiger partial charge < -0.3 is 15.2 Å². The minimum absolute atomic E-state index is 0.0803. The molecular weight excluding hydrogens is 198 g/mol. The molecule has 2 heterocycles. The summed E-state index contributed by atoms with van der Waals surface area (Å²) in [5.41, 5.74) is -1.30. The number of rotatable bonds is 2. The molecule has 5 heteroatoms. The van der Waals surface area contributed by atoms with Crippen LogP contribution in [-0.2, 0) is 14.3 Å². The Morgan fingerprint density at radius 3 is 2.20 bits per heavy atom. The Kier molecular flexibility index (Phi) is 2.22. The molecule has 2 N–H and O–H groups in total. The quantitative estimate of drug-likeness (QED) is 0.691. The van der Waals surface area contributed by atoms with Crippen molar-refractivity contribution in [2.45, 2.75) is 43.7 Å². The Balaban J connectivity index is 2.10. The number of hydrogen-bond acceptors (Lipinski definition) is 3. The maximum absolute atomic E-state index is 11.0. The predicted octanol–water partition coefficient (Wildman–Crippen LogP) is 0.289. The van der Waals surface area contributed by atoms with Gasteiger partial charge in [-0.25, -0.2) is 4.79 Å². The largest absolute Gasteiger partial charge is 0.479 e. The summed E-state index contributed by atoms with van der Waals surface area (Å²) in [6.45, 7) is 1.79. The molecule has 0 radical (unpaired) electrons. The first-order valence-electron chi connectivity index (χ1n) is 5.14. The number of ether oxygens (including phenoxy) is 1. The van der Waals surface area contributed by atoms with Gasteiger partial charge in [-0.2, -0.15) is 0 Å². The molecule has 2 bridgehead atoms. The van der Waals surface area contributed by atoms with Crippen LogP contribution in [0.1, 0.15) is 32.6 Å². The minimum Gasteiger partial charge on any atom is -0.479 e. The van der Waals surface area contributed by atoms with Crippen LogP contribution in [0.2, 0.25) is 0 Å². The highest BCUT2D eigenvalue weighted by molar-refractivity contribution is 5.78. The molecule has 3 fully saturated rings. The van der Waals surface area contributed by atoms with Crippen molar-refractivity contribution >= 4 is 11.9 Å². The van der Waals surface area contributed by atoms with Gasteiger partial charge in [0.15, 0.2) is 5.60 Å². The molecule has 0 unspecified atom stereocenters. The number of carbonyl (C=O) groups excluding carboxylic acids is 1. The fourth-order valence-electron chi connectivity index (χ4n) is 2.51. The van der Waals surface area contributed by atoms with Gasteiger partial charge in [0.25, 0.3) is 0 Å². The van der Waals surface area contributed by atoms with Crippen LogP contribution in [0.3, 0.4) is 0 Å². The summed E-state index contributed by atoms with van der Waals surface area (Å²) in [6.07, 6.45) is 2.36. The summed E-state index contributed by atoms with van der Waals surface area (Å²) in [4.78, 5) is 22.1. The Labute approximate surface area is 87.8 Å². The zero-order chi connectivity index (χ0) is 11.1. The summed E-state index contributed by atoms with van der Waals surface area (Å²) in [7, 11) is 0. The van der Waals surface area contributed by atoms with E-state index in [4.69, 9.17) is 9.84 Å². The number of carboxylic acids is 1. The van der Waals surface area contributed by atoms with Crippen molar-refractivity contribution in [1.29, 1.82) is 0 Å². The molecule has 0 atom stereocenters. The molecule has 5 nitrogen and oxygen atoms in total. The van der Waals surface area contributed by atoms with E-state index in [1.165, 1.54) is 6.92 Å². The van der Waals surface area contributed by atoms with E-state index in [0.29, 0.717) is 32.3 Å².